The molecule has 2 atom stereocenters. The molecule has 0 amide bonds. The summed E-state index contributed by atoms with van der Waals surface area (Å²) < 4.78 is 0. The van der Waals surface area contributed by atoms with Crippen LogP contribution in [0, 0.1) is 17.0 Å². The number of aryl methyl sites for hydroxylation is 1. The van der Waals surface area contributed by atoms with Crippen molar-refractivity contribution < 1.29 is 25.0 Å². The maximum absolute atomic E-state index is 10.8. The second-order valence-electron chi connectivity index (χ2n) is 3.93. The van der Waals surface area contributed by atoms with Crippen LogP contribution in [0.25, 0.3) is 0 Å². The fourth-order valence-corrected chi connectivity index (χ4v) is 1.56. The highest BCUT2D eigenvalue weighted by Crippen LogP contribution is 2.29. The lowest BCUT2D eigenvalue weighted by molar-refractivity contribution is -0.386. The van der Waals surface area contributed by atoms with Gasteiger partial charge in [-0.05, 0) is 18.6 Å². The predicted octanol–water partition coefficient (Wildman–Crippen LogP) is 0.772. The molecule has 1 aromatic rings. The SMILES string of the molecule is Cc1ccc(C(O)C(O)CC(=O)O)c([N+](=O)[O-])c1. The minimum Gasteiger partial charge on any atom is -0.481 e. The first-order valence-electron chi connectivity index (χ1n) is 5.15. The second kappa shape index (κ2) is 5.56. The van der Waals surface area contributed by atoms with Gasteiger partial charge in [0.05, 0.1) is 23.0 Å². The number of aliphatic hydroxyl groups is 2. The lowest BCUT2D eigenvalue weighted by atomic mass is 9.99. The van der Waals surface area contributed by atoms with Crippen LogP contribution in [0.15, 0.2) is 18.2 Å². The summed E-state index contributed by atoms with van der Waals surface area (Å²) in [5.41, 5.74) is 0.191. The molecular weight excluding hydrogens is 242 g/mol. The Morgan fingerprint density at radius 2 is 2.06 bits per heavy atom. The van der Waals surface area contributed by atoms with Crippen molar-refractivity contribution in [3.63, 3.8) is 0 Å². The first-order valence-corrected chi connectivity index (χ1v) is 5.15. The first-order chi connectivity index (χ1) is 8.32. The molecule has 0 bridgehead atoms. The van der Waals surface area contributed by atoms with Crippen LogP contribution in [0.4, 0.5) is 5.69 Å². The van der Waals surface area contributed by atoms with Gasteiger partial charge in [-0.2, -0.15) is 0 Å². The third-order valence-corrected chi connectivity index (χ3v) is 2.45. The summed E-state index contributed by atoms with van der Waals surface area (Å²) in [6.07, 6.45) is -3.89. The summed E-state index contributed by atoms with van der Waals surface area (Å²) in [6.45, 7) is 1.65. The molecule has 98 valence electrons. The van der Waals surface area contributed by atoms with Crippen molar-refractivity contribution in [3.05, 3.63) is 39.4 Å². The van der Waals surface area contributed by atoms with Crippen molar-refractivity contribution in [1.29, 1.82) is 0 Å². The van der Waals surface area contributed by atoms with Crippen LogP contribution in [-0.4, -0.2) is 32.3 Å². The Morgan fingerprint density at radius 3 is 2.56 bits per heavy atom. The van der Waals surface area contributed by atoms with Gasteiger partial charge in [-0.3, -0.25) is 14.9 Å². The molecule has 1 rings (SSSR count). The number of rotatable bonds is 5. The standard InChI is InChI=1S/C11H13NO6/c1-6-2-3-7(8(4-6)12(17)18)11(16)9(13)5-10(14)15/h2-4,9,11,13,16H,5H2,1H3,(H,14,15). The molecule has 0 fully saturated rings. The van der Waals surface area contributed by atoms with Crippen LogP contribution >= 0.6 is 0 Å². The number of carbonyl (C=O) groups is 1. The molecule has 0 spiro atoms. The molecule has 2 unspecified atom stereocenters. The number of hydrogen-bond acceptors (Lipinski definition) is 5. The van der Waals surface area contributed by atoms with Crippen LogP contribution < -0.4 is 0 Å². The zero-order valence-electron chi connectivity index (χ0n) is 9.61. The molecule has 18 heavy (non-hydrogen) atoms. The molecule has 0 aliphatic heterocycles. The van der Waals surface area contributed by atoms with Gasteiger partial charge in [-0.1, -0.05) is 6.07 Å². The summed E-state index contributed by atoms with van der Waals surface area (Å²) in [5.74, 6) is -1.30. The fraction of sp³-hybridized carbons (Fsp3) is 0.364. The molecule has 0 aliphatic rings. The van der Waals surface area contributed by atoms with Crippen molar-refractivity contribution in [2.24, 2.45) is 0 Å². The molecular formula is C11H13NO6. The molecule has 0 radical (unpaired) electrons. The van der Waals surface area contributed by atoms with E-state index in [1.54, 1.807) is 13.0 Å². The van der Waals surface area contributed by atoms with E-state index in [-0.39, 0.29) is 11.3 Å². The Bertz CT molecular complexity index is 473. The van der Waals surface area contributed by atoms with Crippen LogP contribution in [0.2, 0.25) is 0 Å². The summed E-state index contributed by atoms with van der Waals surface area (Å²) in [5, 5.41) is 38.5. The van der Waals surface area contributed by atoms with E-state index in [9.17, 15) is 25.1 Å². The monoisotopic (exact) mass is 255 g/mol. The second-order valence-corrected chi connectivity index (χ2v) is 3.93. The van der Waals surface area contributed by atoms with Gasteiger partial charge in [0.25, 0.3) is 5.69 Å². The number of hydrogen-bond donors (Lipinski definition) is 3. The van der Waals surface area contributed by atoms with Gasteiger partial charge in [-0.15, -0.1) is 0 Å². The average molecular weight is 255 g/mol. The Kier molecular flexibility index (Phi) is 4.35. The topological polar surface area (TPSA) is 121 Å². The minimum absolute atomic E-state index is 0.0978. The lowest BCUT2D eigenvalue weighted by Crippen LogP contribution is -2.22. The van der Waals surface area contributed by atoms with Gasteiger partial charge in [0.15, 0.2) is 0 Å². The number of carboxylic acids is 1. The van der Waals surface area contributed by atoms with E-state index in [1.807, 2.05) is 0 Å². The van der Waals surface area contributed by atoms with Gasteiger partial charge < -0.3 is 15.3 Å². The Balaban J connectivity index is 3.08. The highest BCUT2D eigenvalue weighted by molar-refractivity contribution is 5.67. The van der Waals surface area contributed by atoms with Crippen molar-refractivity contribution in [3.8, 4) is 0 Å². The Hall–Kier alpha value is -1.99. The highest BCUT2D eigenvalue weighted by Gasteiger charge is 2.27. The summed E-state index contributed by atoms with van der Waals surface area (Å²) in [6, 6.07) is 4.11. The molecule has 1 aromatic carbocycles. The minimum atomic E-state index is -1.61. The van der Waals surface area contributed by atoms with Crippen molar-refractivity contribution in [1.82, 2.24) is 0 Å². The Labute approximate surface area is 102 Å². The van der Waals surface area contributed by atoms with E-state index in [4.69, 9.17) is 5.11 Å². The molecule has 7 heteroatoms. The van der Waals surface area contributed by atoms with E-state index in [1.165, 1.54) is 12.1 Å². The number of carboxylic acid groups (broad SMARTS) is 1. The van der Waals surface area contributed by atoms with Crippen LogP contribution in [-0.2, 0) is 4.79 Å². The number of aliphatic hydroxyl groups excluding tert-OH is 2. The zero-order valence-corrected chi connectivity index (χ0v) is 9.61. The number of nitrogens with zero attached hydrogens (tertiary/aromatic N) is 1. The Morgan fingerprint density at radius 1 is 1.44 bits per heavy atom. The molecule has 3 N–H and O–H groups in total. The first kappa shape index (κ1) is 14.1. The summed E-state index contributed by atoms with van der Waals surface area (Å²) in [7, 11) is 0. The largest absolute Gasteiger partial charge is 0.481 e. The number of nitro benzene ring substituents is 1. The molecule has 0 heterocycles. The number of benzene rings is 1. The molecule has 0 aromatic heterocycles. The highest BCUT2D eigenvalue weighted by atomic mass is 16.6. The number of aliphatic carboxylic acids is 1. The molecule has 0 aliphatic carbocycles. The summed E-state index contributed by atoms with van der Waals surface area (Å²) >= 11 is 0. The quantitative estimate of drug-likeness (QED) is 0.528. The number of nitro groups is 1. The predicted molar refractivity (Wildman–Crippen MR) is 61.1 cm³/mol. The third-order valence-electron chi connectivity index (χ3n) is 2.45. The van der Waals surface area contributed by atoms with Gasteiger partial charge in [0.2, 0.25) is 0 Å². The van der Waals surface area contributed by atoms with Gasteiger partial charge in [0.1, 0.15) is 6.10 Å². The third kappa shape index (κ3) is 3.25. The van der Waals surface area contributed by atoms with E-state index < -0.39 is 29.5 Å². The van der Waals surface area contributed by atoms with Crippen molar-refractivity contribution in [2.45, 2.75) is 25.6 Å². The maximum atomic E-state index is 10.8. The van der Waals surface area contributed by atoms with Crippen LogP contribution in [0.5, 0.6) is 0 Å². The van der Waals surface area contributed by atoms with Crippen molar-refractivity contribution in [2.75, 3.05) is 0 Å². The van der Waals surface area contributed by atoms with E-state index in [2.05, 4.69) is 0 Å². The normalized spacial score (nSPS) is 13.9. The smallest absolute Gasteiger partial charge is 0.306 e. The van der Waals surface area contributed by atoms with E-state index in [0.717, 1.165) is 0 Å². The van der Waals surface area contributed by atoms with Crippen LogP contribution in [0.1, 0.15) is 23.7 Å². The molecule has 7 nitrogen and oxygen atoms in total. The van der Waals surface area contributed by atoms with E-state index >= 15 is 0 Å². The van der Waals surface area contributed by atoms with Gasteiger partial charge >= 0.3 is 5.97 Å². The van der Waals surface area contributed by atoms with Gasteiger partial charge in [0, 0.05) is 6.07 Å². The molecule has 0 saturated carbocycles. The lowest BCUT2D eigenvalue weighted by Gasteiger charge is -2.16. The summed E-state index contributed by atoms with van der Waals surface area (Å²) in [4.78, 5) is 20.6. The van der Waals surface area contributed by atoms with Crippen molar-refractivity contribution >= 4 is 11.7 Å². The maximum Gasteiger partial charge on any atom is 0.306 e. The fourth-order valence-electron chi connectivity index (χ4n) is 1.56. The average Bonchev–Trinajstić information content (AvgIpc) is 2.26. The molecule has 0 saturated heterocycles. The van der Waals surface area contributed by atoms with Gasteiger partial charge in [-0.25, -0.2) is 0 Å². The van der Waals surface area contributed by atoms with Crippen LogP contribution in [0.3, 0.4) is 0 Å². The zero-order chi connectivity index (χ0) is 13.9. The van der Waals surface area contributed by atoms with E-state index in [0.29, 0.717) is 5.56 Å².